The zero-order valence-corrected chi connectivity index (χ0v) is 12.0. The van der Waals surface area contributed by atoms with E-state index in [2.05, 4.69) is 6.92 Å². The Bertz CT molecular complexity index is 351. The van der Waals surface area contributed by atoms with Crippen molar-refractivity contribution >= 4 is 0 Å². The Balaban J connectivity index is 2.68. The highest BCUT2D eigenvalue weighted by Crippen LogP contribution is 2.40. The number of hydrogen-bond acceptors (Lipinski definition) is 4. The van der Waals surface area contributed by atoms with Gasteiger partial charge in [-0.15, -0.1) is 0 Å². The summed E-state index contributed by atoms with van der Waals surface area (Å²) >= 11 is 0. The third-order valence-electron chi connectivity index (χ3n) is 2.80. The van der Waals surface area contributed by atoms with Gasteiger partial charge in [0.15, 0.2) is 11.5 Å². The van der Waals surface area contributed by atoms with Gasteiger partial charge in [0.1, 0.15) is 5.75 Å². The van der Waals surface area contributed by atoms with Crippen LogP contribution in [0.4, 0.5) is 0 Å². The number of unbranched alkanes of at least 4 members (excludes halogenated alkanes) is 3. The van der Waals surface area contributed by atoms with Crippen molar-refractivity contribution in [3.8, 4) is 23.0 Å². The second-order valence-electron chi connectivity index (χ2n) is 4.12. The second kappa shape index (κ2) is 8.51. The third kappa shape index (κ3) is 4.54. The maximum absolute atomic E-state index is 5.70. The highest BCUT2D eigenvalue weighted by atomic mass is 16.5. The molecule has 0 aliphatic rings. The van der Waals surface area contributed by atoms with Crippen molar-refractivity contribution in [2.24, 2.45) is 0 Å². The Hall–Kier alpha value is -1.58. The van der Waals surface area contributed by atoms with Crippen molar-refractivity contribution < 1.29 is 18.9 Å². The highest BCUT2D eigenvalue weighted by Gasteiger charge is 2.13. The molecule has 0 amide bonds. The minimum absolute atomic E-state index is 0.578. The summed E-state index contributed by atoms with van der Waals surface area (Å²) in [5.74, 6) is 2.52. The fourth-order valence-electron chi connectivity index (χ4n) is 1.79. The predicted octanol–water partition coefficient (Wildman–Crippen LogP) is 3.49. The van der Waals surface area contributed by atoms with E-state index < -0.39 is 0 Å². The summed E-state index contributed by atoms with van der Waals surface area (Å²) in [6.45, 7) is 4.50. The van der Waals surface area contributed by atoms with Crippen LogP contribution in [-0.2, 0) is 0 Å². The molecule has 0 aromatic heterocycles. The highest BCUT2D eigenvalue weighted by molar-refractivity contribution is 5.55. The Morgan fingerprint density at radius 1 is 0.895 bits per heavy atom. The molecule has 0 atom stereocenters. The summed E-state index contributed by atoms with van der Waals surface area (Å²) in [6.07, 6.45) is 4.27. The lowest BCUT2D eigenvalue weighted by Gasteiger charge is -2.14. The lowest BCUT2D eigenvalue weighted by Crippen LogP contribution is -2.00. The molecule has 0 fully saturated rings. The van der Waals surface area contributed by atoms with Crippen molar-refractivity contribution in [3.63, 3.8) is 0 Å². The van der Waals surface area contributed by atoms with Crippen LogP contribution in [0.2, 0.25) is 0 Å². The molecule has 107 valence electrons. The van der Waals surface area contributed by atoms with Gasteiger partial charge in [0.2, 0.25) is 5.75 Å². The number of hydrogen-bond donors (Lipinski definition) is 0. The quantitative estimate of drug-likeness (QED) is 0.642. The summed E-state index contributed by atoms with van der Waals surface area (Å²) in [7, 11) is 4.77. The largest absolute Gasteiger partial charge is 0.493 e. The summed E-state index contributed by atoms with van der Waals surface area (Å²) in [5, 5.41) is 0. The van der Waals surface area contributed by atoms with Crippen LogP contribution in [0, 0.1) is 6.92 Å². The molecule has 1 radical (unpaired) electrons. The monoisotopic (exact) mass is 267 g/mol. The molecule has 0 bridgehead atoms. The van der Waals surface area contributed by atoms with E-state index in [1.165, 1.54) is 0 Å². The van der Waals surface area contributed by atoms with E-state index in [9.17, 15) is 0 Å². The SMILES string of the molecule is [CH2]CCCCCOc1cc(OC)c(OC)c(OC)c1. The smallest absolute Gasteiger partial charge is 0.203 e. The summed E-state index contributed by atoms with van der Waals surface area (Å²) in [5.41, 5.74) is 0. The van der Waals surface area contributed by atoms with Crippen molar-refractivity contribution in [3.05, 3.63) is 19.1 Å². The van der Waals surface area contributed by atoms with E-state index in [0.717, 1.165) is 31.4 Å². The molecule has 0 unspecified atom stereocenters. The maximum Gasteiger partial charge on any atom is 0.203 e. The van der Waals surface area contributed by atoms with E-state index in [0.29, 0.717) is 23.9 Å². The van der Waals surface area contributed by atoms with Crippen LogP contribution < -0.4 is 18.9 Å². The fraction of sp³-hybridized carbons (Fsp3) is 0.533. The van der Waals surface area contributed by atoms with Gasteiger partial charge in [0.05, 0.1) is 27.9 Å². The number of ether oxygens (including phenoxy) is 4. The molecule has 0 saturated carbocycles. The third-order valence-corrected chi connectivity index (χ3v) is 2.80. The molecule has 19 heavy (non-hydrogen) atoms. The second-order valence-corrected chi connectivity index (χ2v) is 4.12. The van der Waals surface area contributed by atoms with Crippen LogP contribution in [0.3, 0.4) is 0 Å². The van der Waals surface area contributed by atoms with Gasteiger partial charge in [-0.05, 0) is 6.42 Å². The molecule has 0 N–H and O–H groups in total. The van der Waals surface area contributed by atoms with Crippen LogP contribution in [0.5, 0.6) is 23.0 Å². The maximum atomic E-state index is 5.70. The topological polar surface area (TPSA) is 36.9 Å². The molecule has 4 heteroatoms. The van der Waals surface area contributed by atoms with E-state index in [1.54, 1.807) is 21.3 Å². The van der Waals surface area contributed by atoms with Crippen LogP contribution in [0.25, 0.3) is 0 Å². The summed E-state index contributed by atoms with van der Waals surface area (Å²) in [6, 6.07) is 3.62. The molecular formula is C15H23O4. The Morgan fingerprint density at radius 2 is 1.53 bits per heavy atom. The summed E-state index contributed by atoms with van der Waals surface area (Å²) < 4.78 is 21.5. The first-order valence-electron chi connectivity index (χ1n) is 6.48. The van der Waals surface area contributed by atoms with Gasteiger partial charge in [-0.3, -0.25) is 0 Å². The average Bonchev–Trinajstić information content (AvgIpc) is 2.45. The zero-order chi connectivity index (χ0) is 14.1. The van der Waals surface area contributed by atoms with Crippen molar-refractivity contribution in [1.29, 1.82) is 0 Å². The first kappa shape index (κ1) is 15.5. The number of benzene rings is 1. The van der Waals surface area contributed by atoms with Crippen molar-refractivity contribution in [2.45, 2.75) is 25.7 Å². The van der Waals surface area contributed by atoms with E-state index in [4.69, 9.17) is 18.9 Å². The lowest BCUT2D eigenvalue weighted by atomic mass is 10.2. The number of methoxy groups -OCH3 is 3. The van der Waals surface area contributed by atoms with Crippen LogP contribution in [0.15, 0.2) is 12.1 Å². The first-order valence-corrected chi connectivity index (χ1v) is 6.48. The zero-order valence-electron chi connectivity index (χ0n) is 12.0. The predicted molar refractivity (Wildman–Crippen MR) is 75.4 cm³/mol. The van der Waals surface area contributed by atoms with Gasteiger partial charge >= 0.3 is 0 Å². The van der Waals surface area contributed by atoms with E-state index in [1.807, 2.05) is 12.1 Å². The minimum Gasteiger partial charge on any atom is -0.493 e. The molecule has 0 spiro atoms. The lowest BCUT2D eigenvalue weighted by molar-refractivity contribution is 0.291. The Labute approximate surface area is 115 Å². The molecule has 4 nitrogen and oxygen atoms in total. The molecule has 0 aliphatic heterocycles. The number of rotatable bonds is 9. The molecule has 0 heterocycles. The summed E-state index contributed by atoms with van der Waals surface area (Å²) in [4.78, 5) is 0. The van der Waals surface area contributed by atoms with Gasteiger partial charge in [-0.25, -0.2) is 0 Å². The standard InChI is InChI=1S/C15H23O4/c1-5-6-7-8-9-19-12-10-13(16-2)15(18-4)14(11-12)17-3/h10-11H,1,5-9H2,2-4H3. The molecular weight excluding hydrogens is 244 g/mol. The average molecular weight is 267 g/mol. The van der Waals surface area contributed by atoms with Gasteiger partial charge in [-0.1, -0.05) is 26.2 Å². The van der Waals surface area contributed by atoms with Gasteiger partial charge in [-0.2, -0.15) is 0 Å². The molecule has 1 aromatic rings. The molecule has 0 saturated heterocycles. The molecule has 0 aliphatic carbocycles. The van der Waals surface area contributed by atoms with Crippen LogP contribution in [-0.4, -0.2) is 27.9 Å². The van der Waals surface area contributed by atoms with E-state index >= 15 is 0 Å². The van der Waals surface area contributed by atoms with E-state index in [-0.39, 0.29) is 0 Å². The minimum atomic E-state index is 0.578. The van der Waals surface area contributed by atoms with Crippen LogP contribution >= 0.6 is 0 Å². The van der Waals surface area contributed by atoms with Gasteiger partial charge in [0.25, 0.3) is 0 Å². The molecule has 1 aromatic carbocycles. The van der Waals surface area contributed by atoms with Crippen molar-refractivity contribution in [1.82, 2.24) is 0 Å². The van der Waals surface area contributed by atoms with Crippen molar-refractivity contribution in [2.75, 3.05) is 27.9 Å². The molecule has 1 rings (SSSR count). The fourth-order valence-corrected chi connectivity index (χ4v) is 1.79. The van der Waals surface area contributed by atoms with Crippen LogP contribution in [0.1, 0.15) is 25.7 Å². The Morgan fingerprint density at radius 3 is 2.00 bits per heavy atom. The van der Waals surface area contributed by atoms with Gasteiger partial charge in [0, 0.05) is 12.1 Å². The van der Waals surface area contributed by atoms with Gasteiger partial charge < -0.3 is 18.9 Å². The first-order chi connectivity index (χ1) is 9.26. The Kier molecular flexibility index (Phi) is 6.93. The normalized spacial score (nSPS) is 10.1.